The van der Waals surface area contributed by atoms with Crippen LogP contribution in [-0.4, -0.2) is 47.1 Å². The zero-order chi connectivity index (χ0) is 21.0. The van der Waals surface area contributed by atoms with E-state index in [4.69, 9.17) is 16.3 Å². The van der Waals surface area contributed by atoms with E-state index < -0.39 is 5.82 Å². The Hall–Kier alpha value is -2.02. The summed E-state index contributed by atoms with van der Waals surface area (Å²) < 4.78 is 19.5. The normalized spacial score (nSPS) is 21.1. The van der Waals surface area contributed by atoms with E-state index in [-0.39, 0.29) is 29.1 Å². The maximum Gasteiger partial charge on any atom is 0.224 e. The summed E-state index contributed by atoms with van der Waals surface area (Å²) in [4.78, 5) is 19.1. The fourth-order valence-corrected chi connectivity index (χ4v) is 4.61. The van der Waals surface area contributed by atoms with Crippen LogP contribution in [0.15, 0.2) is 42.6 Å². The van der Waals surface area contributed by atoms with Crippen LogP contribution in [0.25, 0.3) is 0 Å². The van der Waals surface area contributed by atoms with Crippen molar-refractivity contribution in [3.8, 4) is 0 Å². The summed E-state index contributed by atoms with van der Waals surface area (Å²) in [5.41, 5.74) is 1.67. The van der Waals surface area contributed by atoms with Crippen LogP contribution in [0.5, 0.6) is 0 Å². The molecule has 1 aromatic heterocycles. The van der Waals surface area contributed by atoms with E-state index in [2.05, 4.69) is 21.3 Å². The lowest BCUT2D eigenvalue weighted by molar-refractivity contribution is -0.122. The van der Waals surface area contributed by atoms with Gasteiger partial charge in [-0.05, 0) is 55.5 Å². The lowest BCUT2D eigenvalue weighted by Crippen LogP contribution is -2.45. The molecule has 0 bridgehead atoms. The number of nitrogens with one attached hydrogen (secondary N) is 1. The number of halogens is 2. The molecule has 1 aromatic carbocycles. The molecular formula is C23H27ClFN3O2. The van der Waals surface area contributed by atoms with Gasteiger partial charge in [0.25, 0.3) is 0 Å². The maximum atomic E-state index is 13.1. The molecule has 3 heterocycles. The predicted molar refractivity (Wildman–Crippen MR) is 114 cm³/mol. The molecule has 1 amide bonds. The first kappa shape index (κ1) is 21.2. The third-order valence-electron chi connectivity index (χ3n) is 6.11. The molecule has 2 aromatic rings. The standard InChI is InChI=1S/C23H27ClFN3O2/c24-21-14-18(25)5-4-17(21)13-22(29)27-15-20-6-7-23(30-20)8-11-28(12-9-23)16-19-3-1-2-10-26-19/h1-5,10,14,20H,6-9,11-13,15-16H2,(H,27,29). The zero-order valence-corrected chi connectivity index (χ0v) is 17.7. The molecule has 5 nitrogen and oxygen atoms in total. The van der Waals surface area contributed by atoms with Gasteiger partial charge >= 0.3 is 0 Å². The quantitative estimate of drug-likeness (QED) is 0.756. The smallest absolute Gasteiger partial charge is 0.224 e. The predicted octanol–water partition coefficient (Wildman–Crippen LogP) is 3.75. The molecule has 1 unspecified atom stereocenters. The number of nitrogens with zero attached hydrogens (tertiary/aromatic N) is 2. The minimum absolute atomic E-state index is 0.0416. The molecule has 1 spiro atoms. The third-order valence-corrected chi connectivity index (χ3v) is 6.46. The number of hydrogen-bond donors (Lipinski definition) is 1. The first-order valence-electron chi connectivity index (χ1n) is 10.5. The molecule has 7 heteroatoms. The number of amides is 1. The average molecular weight is 432 g/mol. The van der Waals surface area contributed by atoms with E-state index in [1.54, 1.807) is 6.07 Å². The fourth-order valence-electron chi connectivity index (χ4n) is 4.37. The van der Waals surface area contributed by atoms with Gasteiger partial charge in [-0.3, -0.25) is 14.7 Å². The van der Waals surface area contributed by atoms with Crippen LogP contribution in [0.1, 0.15) is 36.9 Å². The van der Waals surface area contributed by atoms with Crippen molar-refractivity contribution in [2.24, 2.45) is 0 Å². The molecule has 1 atom stereocenters. The van der Waals surface area contributed by atoms with Crippen molar-refractivity contribution in [2.45, 2.75) is 50.4 Å². The van der Waals surface area contributed by atoms with E-state index in [0.717, 1.165) is 51.0 Å². The Kier molecular flexibility index (Phi) is 6.66. The third kappa shape index (κ3) is 5.36. The van der Waals surface area contributed by atoms with Gasteiger partial charge in [-0.1, -0.05) is 23.7 Å². The number of hydrogen-bond acceptors (Lipinski definition) is 4. The second kappa shape index (κ2) is 9.41. The number of pyridine rings is 1. The van der Waals surface area contributed by atoms with Crippen molar-refractivity contribution in [3.05, 3.63) is 64.7 Å². The summed E-state index contributed by atoms with van der Waals surface area (Å²) in [7, 11) is 0. The lowest BCUT2D eigenvalue weighted by Gasteiger charge is -2.39. The van der Waals surface area contributed by atoms with Gasteiger partial charge < -0.3 is 10.1 Å². The first-order valence-corrected chi connectivity index (χ1v) is 10.9. The summed E-state index contributed by atoms with van der Waals surface area (Å²) in [6, 6.07) is 10.1. The molecule has 2 fully saturated rings. The monoisotopic (exact) mass is 431 g/mol. The molecule has 30 heavy (non-hydrogen) atoms. The molecule has 0 aliphatic carbocycles. The average Bonchev–Trinajstić information content (AvgIpc) is 3.14. The minimum atomic E-state index is -0.403. The number of carbonyl (C=O) groups is 1. The highest BCUT2D eigenvalue weighted by molar-refractivity contribution is 6.31. The summed E-state index contributed by atoms with van der Waals surface area (Å²) in [6.45, 7) is 3.37. The number of rotatable bonds is 6. The molecular weight excluding hydrogens is 405 g/mol. The Labute approximate surface area is 181 Å². The Morgan fingerprint density at radius 2 is 2.10 bits per heavy atom. The van der Waals surface area contributed by atoms with Crippen LogP contribution >= 0.6 is 11.6 Å². The van der Waals surface area contributed by atoms with E-state index in [1.807, 2.05) is 18.3 Å². The van der Waals surface area contributed by atoms with Crippen molar-refractivity contribution in [1.82, 2.24) is 15.2 Å². The number of aromatic nitrogens is 1. The number of piperidine rings is 1. The van der Waals surface area contributed by atoms with Crippen molar-refractivity contribution in [2.75, 3.05) is 19.6 Å². The number of likely N-dealkylation sites (tertiary alicyclic amines) is 1. The highest BCUT2D eigenvalue weighted by atomic mass is 35.5. The van der Waals surface area contributed by atoms with Gasteiger partial charge in [0.1, 0.15) is 5.82 Å². The molecule has 0 saturated carbocycles. The molecule has 4 rings (SSSR count). The number of ether oxygens (including phenoxy) is 1. The van der Waals surface area contributed by atoms with E-state index >= 15 is 0 Å². The Bertz CT molecular complexity index is 872. The number of benzene rings is 1. The molecule has 1 N–H and O–H groups in total. The number of carbonyl (C=O) groups excluding carboxylic acids is 1. The van der Waals surface area contributed by atoms with Gasteiger partial charge in [0.05, 0.1) is 23.8 Å². The van der Waals surface area contributed by atoms with Crippen LogP contribution < -0.4 is 5.32 Å². The van der Waals surface area contributed by atoms with Gasteiger partial charge in [-0.25, -0.2) is 4.39 Å². The van der Waals surface area contributed by atoms with E-state index in [1.165, 1.54) is 12.1 Å². The van der Waals surface area contributed by atoms with Crippen molar-refractivity contribution in [1.29, 1.82) is 0 Å². The SMILES string of the molecule is O=C(Cc1ccc(F)cc1Cl)NCC1CCC2(CCN(Cc3ccccn3)CC2)O1. The summed E-state index contributed by atoms with van der Waals surface area (Å²) in [5.74, 6) is -0.530. The van der Waals surface area contributed by atoms with Gasteiger partial charge in [0, 0.05) is 37.4 Å². The van der Waals surface area contributed by atoms with Crippen LogP contribution in [0.2, 0.25) is 5.02 Å². The van der Waals surface area contributed by atoms with Crippen LogP contribution in [0.4, 0.5) is 4.39 Å². The largest absolute Gasteiger partial charge is 0.370 e. The Balaban J connectivity index is 1.20. The van der Waals surface area contributed by atoms with Gasteiger partial charge in [-0.15, -0.1) is 0 Å². The Morgan fingerprint density at radius 1 is 1.27 bits per heavy atom. The molecule has 160 valence electrons. The van der Waals surface area contributed by atoms with Crippen LogP contribution in [-0.2, 0) is 22.5 Å². The van der Waals surface area contributed by atoms with Gasteiger partial charge in [0.15, 0.2) is 0 Å². The fraction of sp³-hybridized carbons (Fsp3) is 0.478. The molecule has 2 saturated heterocycles. The van der Waals surface area contributed by atoms with Gasteiger partial charge in [0.2, 0.25) is 5.91 Å². The first-order chi connectivity index (χ1) is 14.5. The Morgan fingerprint density at radius 3 is 2.83 bits per heavy atom. The second-order valence-electron chi connectivity index (χ2n) is 8.28. The van der Waals surface area contributed by atoms with Crippen molar-refractivity contribution < 1.29 is 13.9 Å². The zero-order valence-electron chi connectivity index (χ0n) is 16.9. The summed E-state index contributed by atoms with van der Waals surface area (Å²) in [6.07, 6.45) is 6.03. The molecule has 2 aliphatic rings. The topological polar surface area (TPSA) is 54.5 Å². The molecule has 0 radical (unpaired) electrons. The van der Waals surface area contributed by atoms with Crippen molar-refractivity contribution in [3.63, 3.8) is 0 Å². The van der Waals surface area contributed by atoms with Crippen LogP contribution in [0, 0.1) is 5.82 Å². The van der Waals surface area contributed by atoms with Gasteiger partial charge in [-0.2, -0.15) is 0 Å². The highest BCUT2D eigenvalue weighted by Crippen LogP contribution is 2.39. The maximum absolute atomic E-state index is 13.1. The van der Waals surface area contributed by atoms with E-state index in [0.29, 0.717) is 12.1 Å². The summed E-state index contributed by atoms with van der Waals surface area (Å²) in [5, 5.41) is 3.22. The summed E-state index contributed by atoms with van der Waals surface area (Å²) >= 11 is 6.01. The van der Waals surface area contributed by atoms with Crippen molar-refractivity contribution >= 4 is 17.5 Å². The lowest BCUT2D eigenvalue weighted by atomic mass is 9.88. The van der Waals surface area contributed by atoms with Crippen LogP contribution in [0.3, 0.4) is 0 Å². The molecule has 2 aliphatic heterocycles. The second-order valence-corrected chi connectivity index (χ2v) is 8.68. The highest BCUT2D eigenvalue weighted by Gasteiger charge is 2.42. The minimum Gasteiger partial charge on any atom is -0.370 e. The van der Waals surface area contributed by atoms with E-state index in [9.17, 15) is 9.18 Å².